The van der Waals surface area contributed by atoms with Crippen LogP contribution in [0.1, 0.15) is 19.3 Å². The van der Waals surface area contributed by atoms with Gasteiger partial charge in [-0.3, -0.25) is 0 Å². The molecule has 13 heavy (non-hydrogen) atoms. The van der Waals surface area contributed by atoms with Gasteiger partial charge in [-0.05, 0) is 12.8 Å². The fourth-order valence-electron chi connectivity index (χ4n) is 1.55. The highest BCUT2D eigenvalue weighted by Crippen LogP contribution is 2.66. The molecule has 1 fully saturated rings. The predicted molar refractivity (Wildman–Crippen MR) is 51.5 cm³/mol. The van der Waals surface area contributed by atoms with E-state index in [4.69, 9.17) is 18.3 Å². The first kappa shape index (κ1) is 11.3. The van der Waals surface area contributed by atoms with Crippen LogP contribution in [0.2, 0.25) is 0 Å². The highest BCUT2D eigenvalue weighted by Gasteiger charge is 2.52. The first-order valence-corrected chi connectivity index (χ1v) is 6.08. The van der Waals surface area contributed by atoms with Gasteiger partial charge in [-0.15, -0.1) is 0 Å². The summed E-state index contributed by atoms with van der Waals surface area (Å²) < 4.78 is 21.5. The van der Waals surface area contributed by atoms with E-state index in [1.165, 1.54) is 0 Å². The van der Waals surface area contributed by atoms with E-state index in [0.29, 0.717) is 0 Å². The van der Waals surface area contributed by atoms with Crippen LogP contribution in [-0.2, 0) is 18.3 Å². The summed E-state index contributed by atoms with van der Waals surface area (Å²) in [4.78, 5) is 0. The summed E-state index contributed by atoms with van der Waals surface area (Å²) in [5.41, 5.74) is 0. The lowest BCUT2D eigenvalue weighted by Crippen LogP contribution is -2.25. The van der Waals surface area contributed by atoms with E-state index < -0.39 is 7.94 Å². The molecule has 5 heteroatoms. The molecule has 1 aliphatic heterocycles. The SMILES string of the molecule is CO[P+](OC)(OC)C1CCCCO1. The third-order valence-corrected chi connectivity index (χ3v) is 4.91. The first-order valence-electron chi connectivity index (χ1n) is 4.46. The third kappa shape index (κ3) is 2.39. The predicted octanol–water partition coefficient (Wildman–Crippen LogP) is 2.21. The summed E-state index contributed by atoms with van der Waals surface area (Å²) in [6.45, 7) is 0.780. The summed E-state index contributed by atoms with van der Waals surface area (Å²) >= 11 is 0. The summed E-state index contributed by atoms with van der Waals surface area (Å²) in [5.74, 6) is -0.0127. The maximum Gasteiger partial charge on any atom is 0.441 e. The standard InChI is InChI=1S/C8H18O4P/c1-9-13(10-2,11-3)8-6-4-5-7-12-8/h8H,4-7H2,1-3H3/q+1. The van der Waals surface area contributed by atoms with Gasteiger partial charge in [-0.2, -0.15) is 13.6 Å². The van der Waals surface area contributed by atoms with Crippen molar-refractivity contribution in [2.24, 2.45) is 0 Å². The Morgan fingerprint density at radius 3 is 2.08 bits per heavy atom. The number of hydrogen-bond acceptors (Lipinski definition) is 4. The molecule has 0 radical (unpaired) electrons. The van der Waals surface area contributed by atoms with E-state index in [9.17, 15) is 0 Å². The molecular formula is C8H18O4P+. The number of hydrogen-bond donors (Lipinski definition) is 0. The quantitative estimate of drug-likeness (QED) is 0.665. The largest absolute Gasteiger partial charge is 0.441 e. The summed E-state index contributed by atoms with van der Waals surface area (Å²) in [6, 6.07) is 0. The average molecular weight is 209 g/mol. The van der Waals surface area contributed by atoms with Crippen molar-refractivity contribution in [2.75, 3.05) is 27.9 Å². The van der Waals surface area contributed by atoms with Crippen LogP contribution in [0.4, 0.5) is 0 Å². The van der Waals surface area contributed by atoms with Gasteiger partial charge < -0.3 is 4.74 Å². The summed E-state index contributed by atoms with van der Waals surface area (Å²) in [6.07, 6.45) is 3.24. The van der Waals surface area contributed by atoms with Crippen molar-refractivity contribution >= 4 is 7.94 Å². The van der Waals surface area contributed by atoms with Crippen molar-refractivity contribution < 1.29 is 18.3 Å². The molecule has 0 aliphatic carbocycles. The van der Waals surface area contributed by atoms with Gasteiger partial charge in [-0.25, -0.2) is 0 Å². The monoisotopic (exact) mass is 209 g/mol. The smallest absolute Gasteiger partial charge is 0.337 e. The number of rotatable bonds is 4. The minimum Gasteiger partial charge on any atom is -0.337 e. The van der Waals surface area contributed by atoms with Crippen LogP contribution >= 0.6 is 7.94 Å². The van der Waals surface area contributed by atoms with Gasteiger partial charge in [0, 0.05) is 6.42 Å². The minimum atomic E-state index is -2.24. The Morgan fingerprint density at radius 1 is 1.08 bits per heavy atom. The van der Waals surface area contributed by atoms with E-state index in [2.05, 4.69) is 0 Å². The zero-order chi connectivity index (χ0) is 9.73. The molecule has 1 unspecified atom stereocenters. The highest BCUT2D eigenvalue weighted by atomic mass is 31.2. The molecule has 1 saturated heterocycles. The Balaban J connectivity index is 2.60. The van der Waals surface area contributed by atoms with Crippen LogP contribution in [0.5, 0.6) is 0 Å². The molecule has 1 aliphatic rings. The summed E-state index contributed by atoms with van der Waals surface area (Å²) in [7, 11) is 2.59. The molecule has 1 heterocycles. The second-order valence-corrected chi connectivity index (χ2v) is 5.66. The van der Waals surface area contributed by atoms with E-state index >= 15 is 0 Å². The van der Waals surface area contributed by atoms with Crippen LogP contribution in [0.25, 0.3) is 0 Å². The van der Waals surface area contributed by atoms with Crippen molar-refractivity contribution in [1.29, 1.82) is 0 Å². The van der Waals surface area contributed by atoms with Gasteiger partial charge in [0.2, 0.25) is 5.85 Å². The van der Waals surface area contributed by atoms with Crippen molar-refractivity contribution in [1.82, 2.24) is 0 Å². The number of ether oxygens (including phenoxy) is 1. The Hall–Kier alpha value is 0.270. The fraction of sp³-hybridized carbons (Fsp3) is 1.00. The van der Waals surface area contributed by atoms with Crippen molar-refractivity contribution in [2.45, 2.75) is 25.1 Å². The topological polar surface area (TPSA) is 36.9 Å². The molecule has 0 spiro atoms. The van der Waals surface area contributed by atoms with Gasteiger partial charge in [0.1, 0.15) is 0 Å². The van der Waals surface area contributed by atoms with Gasteiger partial charge in [0.15, 0.2) is 0 Å². The van der Waals surface area contributed by atoms with Crippen LogP contribution in [-0.4, -0.2) is 33.8 Å². The Morgan fingerprint density at radius 2 is 1.69 bits per heavy atom. The fourth-order valence-corrected chi connectivity index (χ4v) is 3.49. The van der Waals surface area contributed by atoms with E-state index in [1.807, 2.05) is 0 Å². The Bertz CT molecular complexity index is 135. The van der Waals surface area contributed by atoms with Crippen LogP contribution < -0.4 is 0 Å². The second kappa shape index (κ2) is 5.23. The molecular weight excluding hydrogens is 191 g/mol. The zero-order valence-electron chi connectivity index (χ0n) is 8.49. The Kier molecular flexibility index (Phi) is 4.56. The molecule has 4 nitrogen and oxygen atoms in total. The van der Waals surface area contributed by atoms with Gasteiger partial charge in [-0.1, -0.05) is 0 Å². The lowest BCUT2D eigenvalue weighted by molar-refractivity contribution is 0.0301. The first-order chi connectivity index (χ1) is 6.29. The maximum atomic E-state index is 5.59. The van der Waals surface area contributed by atoms with Gasteiger partial charge in [0.25, 0.3) is 0 Å². The van der Waals surface area contributed by atoms with Crippen molar-refractivity contribution in [3.8, 4) is 0 Å². The van der Waals surface area contributed by atoms with Crippen molar-refractivity contribution in [3.63, 3.8) is 0 Å². The van der Waals surface area contributed by atoms with Gasteiger partial charge >= 0.3 is 7.94 Å². The molecule has 0 saturated carbocycles. The third-order valence-electron chi connectivity index (χ3n) is 2.27. The van der Waals surface area contributed by atoms with Crippen LogP contribution in [0, 0.1) is 0 Å². The molecule has 0 N–H and O–H groups in total. The molecule has 0 aromatic carbocycles. The maximum absolute atomic E-state index is 5.59. The lowest BCUT2D eigenvalue weighted by atomic mass is 10.2. The van der Waals surface area contributed by atoms with Crippen LogP contribution in [0.15, 0.2) is 0 Å². The van der Waals surface area contributed by atoms with Crippen molar-refractivity contribution in [3.05, 3.63) is 0 Å². The molecule has 0 aromatic rings. The lowest BCUT2D eigenvalue weighted by Gasteiger charge is -2.28. The minimum absolute atomic E-state index is 0.0127. The molecule has 0 aromatic heterocycles. The van der Waals surface area contributed by atoms with E-state index in [-0.39, 0.29) is 5.85 Å². The van der Waals surface area contributed by atoms with E-state index in [1.54, 1.807) is 21.3 Å². The molecule has 78 valence electrons. The zero-order valence-corrected chi connectivity index (χ0v) is 9.38. The second-order valence-electron chi connectivity index (χ2n) is 2.91. The summed E-state index contributed by atoms with van der Waals surface area (Å²) in [5, 5.41) is 0. The van der Waals surface area contributed by atoms with Crippen LogP contribution in [0.3, 0.4) is 0 Å². The van der Waals surface area contributed by atoms with E-state index in [0.717, 1.165) is 25.9 Å². The molecule has 0 amide bonds. The normalized spacial score (nSPS) is 24.7. The highest BCUT2D eigenvalue weighted by molar-refractivity contribution is 7.62. The average Bonchev–Trinajstić information content (AvgIpc) is 2.23. The molecule has 0 bridgehead atoms. The molecule has 1 rings (SSSR count). The Labute approximate surface area is 80.1 Å². The van der Waals surface area contributed by atoms with Gasteiger partial charge in [0.05, 0.1) is 27.9 Å². The molecule has 1 atom stereocenters.